The Hall–Kier alpha value is -1.42. The smallest absolute Gasteiger partial charge is 0.251 e. The van der Waals surface area contributed by atoms with Gasteiger partial charge in [0, 0.05) is 19.0 Å². The zero-order chi connectivity index (χ0) is 10.6. The first kappa shape index (κ1) is 10.7. The van der Waals surface area contributed by atoms with Crippen molar-refractivity contribution in [3.05, 3.63) is 35.4 Å². The quantitative estimate of drug-likeness (QED) is 0.725. The number of carbonyl (C=O) groups is 1. The predicted octanol–water partition coefficient (Wildman–Crippen LogP) is 0.875. The Morgan fingerprint density at radius 2 is 2.14 bits per heavy atom. The number of amides is 1. The Labute approximate surface area is 88.3 Å². The van der Waals surface area contributed by atoms with Crippen LogP contribution in [0, 0.1) is 0 Å². The van der Waals surface area contributed by atoms with Crippen molar-refractivity contribution in [1.29, 1.82) is 0 Å². The molecule has 0 aliphatic carbocycles. The maximum atomic E-state index is 11.4. The van der Waals surface area contributed by atoms with E-state index in [1.807, 2.05) is 18.2 Å². The van der Waals surface area contributed by atoms with E-state index in [-0.39, 0.29) is 5.91 Å². The number of carbonyl (C=O) groups excluding carboxylic acids is 1. The number of nitrogens with one attached hydrogen (secondary N) is 1. The van der Waals surface area contributed by atoms with E-state index in [9.17, 15) is 4.79 Å². The van der Waals surface area contributed by atoms with Crippen LogP contribution in [0.2, 0.25) is 0 Å². The second-order valence-corrected chi connectivity index (χ2v) is 3.40. The standard InChI is InChI=1S/C10H12N2OS/c1-12-10(13)8-5-3-2-4-7(8)6-9(11)14/h2-5H,6H2,1H3,(H2,11,14)(H,12,13). The van der Waals surface area contributed by atoms with Crippen LogP contribution < -0.4 is 11.1 Å². The summed E-state index contributed by atoms with van der Waals surface area (Å²) in [4.78, 5) is 11.8. The molecule has 0 heterocycles. The molecule has 0 aliphatic heterocycles. The molecule has 0 radical (unpaired) electrons. The third-order valence-corrected chi connectivity index (χ3v) is 2.00. The molecule has 3 nitrogen and oxygen atoms in total. The largest absolute Gasteiger partial charge is 0.393 e. The maximum Gasteiger partial charge on any atom is 0.251 e. The van der Waals surface area contributed by atoms with Crippen LogP contribution in [0.4, 0.5) is 0 Å². The van der Waals surface area contributed by atoms with Crippen LogP contribution in [0.5, 0.6) is 0 Å². The monoisotopic (exact) mass is 208 g/mol. The van der Waals surface area contributed by atoms with Crippen LogP contribution in [0.15, 0.2) is 24.3 Å². The summed E-state index contributed by atoms with van der Waals surface area (Å²) in [5.41, 5.74) is 6.92. The normalized spacial score (nSPS) is 9.50. The van der Waals surface area contributed by atoms with Gasteiger partial charge in [0.1, 0.15) is 0 Å². The van der Waals surface area contributed by atoms with Gasteiger partial charge in [0.25, 0.3) is 5.91 Å². The minimum Gasteiger partial charge on any atom is -0.393 e. The van der Waals surface area contributed by atoms with Crippen molar-refractivity contribution in [3.63, 3.8) is 0 Å². The summed E-state index contributed by atoms with van der Waals surface area (Å²) in [6, 6.07) is 7.28. The van der Waals surface area contributed by atoms with Crippen molar-refractivity contribution in [2.45, 2.75) is 6.42 Å². The Balaban J connectivity index is 3.02. The average molecular weight is 208 g/mol. The molecule has 0 saturated carbocycles. The van der Waals surface area contributed by atoms with Crippen LogP contribution in [0.1, 0.15) is 15.9 Å². The molecule has 1 amide bonds. The van der Waals surface area contributed by atoms with E-state index >= 15 is 0 Å². The fourth-order valence-corrected chi connectivity index (χ4v) is 1.37. The molecule has 0 unspecified atom stereocenters. The highest BCUT2D eigenvalue weighted by Crippen LogP contribution is 2.09. The van der Waals surface area contributed by atoms with E-state index < -0.39 is 0 Å². The highest BCUT2D eigenvalue weighted by molar-refractivity contribution is 7.80. The van der Waals surface area contributed by atoms with Gasteiger partial charge in [-0.15, -0.1) is 0 Å². The van der Waals surface area contributed by atoms with Crippen LogP contribution in [0.25, 0.3) is 0 Å². The Morgan fingerprint density at radius 3 is 2.71 bits per heavy atom. The van der Waals surface area contributed by atoms with E-state index in [1.54, 1.807) is 13.1 Å². The summed E-state index contributed by atoms with van der Waals surface area (Å²) in [6.07, 6.45) is 0.457. The molecule has 0 bridgehead atoms. The third kappa shape index (κ3) is 2.53. The number of nitrogens with two attached hydrogens (primary N) is 1. The van der Waals surface area contributed by atoms with E-state index in [4.69, 9.17) is 18.0 Å². The molecule has 3 N–H and O–H groups in total. The third-order valence-electron chi connectivity index (χ3n) is 1.85. The number of benzene rings is 1. The van der Waals surface area contributed by atoms with Gasteiger partial charge in [-0.25, -0.2) is 0 Å². The highest BCUT2D eigenvalue weighted by atomic mass is 32.1. The molecule has 0 spiro atoms. The van der Waals surface area contributed by atoms with Crippen LogP contribution in [0.3, 0.4) is 0 Å². The van der Waals surface area contributed by atoms with Gasteiger partial charge in [-0.1, -0.05) is 30.4 Å². The lowest BCUT2D eigenvalue weighted by Crippen LogP contribution is -2.21. The molecule has 4 heteroatoms. The summed E-state index contributed by atoms with van der Waals surface area (Å²) in [7, 11) is 1.60. The predicted molar refractivity (Wildman–Crippen MR) is 60.3 cm³/mol. The maximum absolute atomic E-state index is 11.4. The van der Waals surface area contributed by atoms with Crippen LogP contribution in [-0.2, 0) is 6.42 Å². The minimum absolute atomic E-state index is 0.114. The number of thiocarbonyl (C=S) groups is 1. The van der Waals surface area contributed by atoms with Gasteiger partial charge in [-0.2, -0.15) is 0 Å². The van der Waals surface area contributed by atoms with E-state index in [0.717, 1.165) is 5.56 Å². The van der Waals surface area contributed by atoms with Crippen LogP contribution in [-0.4, -0.2) is 17.9 Å². The molecule has 1 aromatic carbocycles. The van der Waals surface area contributed by atoms with Gasteiger partial charge in [-0.05, 0) is 11.6 Å². The fraction of sp³-hybridized carbons (Fsp3) is 0.200. The molecule has 0 aromatic heterocycles. The van der Waals surface area contributed by atoms with Gasteiger partial charge >= 0.3 is 0 Å². The summed E-state index contributed by atoms with van der Waals surface area (Å²) < 4.78 is 0. The van der Waals surface area contributed by atoms with E-state index in [1.165, 1.54) is 0 Å². The first-order valence-corrected chi connectivity index (χ1v) is 4.64. The second kappa shape index (κ2) is 4.72. The van der Waals surface area contributed by atoms with Crippen LogP contribution >= 0.6 is 12.2 Å². The SMILES string of the molecule is CNC(=O)c1ccccc1CC(N)=S. The molecule has 0 aliphatic rings. The highest BCUT2D eigenvalue weighted by Gasteiger charge is 2.08. The number of hydrogen-bond donors (Lipinski definition) is 2. The Bertz CT molecular complexity index is 363. The van der Waals surface area contributed by atoms with Crippen molar-refractivity contribution in [1.82, 2.24) is 5.32 Å². The number of hydrogen-bond acceptors (Lipinski definition) is 2. The second-order valence-electron chi connectivity index (χ2n) is 2.88. The van der Waals surface area contributed by atoms with Crippen molar-refractivity contribution in [3.8, 4) is 0 Å². The fourth-order valence-electron chi connectivity index (χ4n) is 1.22. The summed E-state index contributed by atoms with van der Waals surface area (Å²) in [5, 5.41) is 2.57. The molecular weight excluding hydrogens is 196 g/mol. The van der Waals surface area contributed by atoms with Crippen molar-refractivity contribution < 1.29 is 4.79 Å². The Morgan fingerprint density at radius 1 is 1.50 bits per heavy atom. The van der Waals surface area contributed by atoms with Crippen molar-refractivity contribution in [2.24, 2.45) is 5.73 Å². The molecule has 0 fully saturated rings. The zero-order valence-electron chi connectivity index (χ0n) is 7.91. The topological polar surface area (TPSA) is 55.1 Å². The molecule has 0 saturated heterocycles. The summed E-state index contributed by atoms with van der Waals surface area (Å²) in [6.45, 7) is 0. The molecule has 1 aromatic rings. The number of rotatable bonds is 3. The van der Waals surface area contributed by atoms with Gasteiger partial charge in [0.05, 0.1) is 4.99 Å². The average Bonchev–Trinajstić information content (AvgIpc) is 2.16. The van der Waals surface area contributed by atoms with Gasteiger partial charge in [0.15, 0.2) is 0 Å². The lowest BCUT2D eigenvalue weighted by molar-refractivity contribution is 0.0962. The first-order valence-electron chi connectivity index (χ1n) is 4.23. The van der Waals surface area contributed by atoms with E-state index in [0.29, 0.717) is 17.0 Å². The molecule has 74 valence electrons. The molecule has 14 heavy (non-hydrogen) atoms. The van der Waals surface area contributed by atoms with Gasteiger partial charge < -0.3 is 11.1 Å². The van der Waals surface area contributed by atoms with Crippen molar-refractivity contribution >= 4 is 23.1 Å². The molecule has 0 atom stereocenters. The van der Waals surface area contributed by atoms with Crippen molar-refractivity contribution in [2.75, 3.05) is 7.05 Å². The lowest BCUT2D eigenvalue weighted by Gasteiger charge is -2.06. The van der Waals surface area contributed by atoms with Gasteiger partial charge in [-0.3, -0.25) is 4.79 Å². The molecule has 1 rings (SSSR count). The van der Waals surface area contributed by atoms with E-state index in [2.05, 4.69) is 5.32 Å². The lowest BCUT2D eigenvalue weighted by atomic mass is 10.0. The minimum atomic E-state index is -0.114. The van der Waals surface area contributed by atoms with Gasteiger partial charge in [0.2, 0.25) is 0 Å². The Kier molecular flexibility index (Phi) is 3.59. The molecular formula is C10H12N2OS. The summed E-state index contributed by atoms with van der Waals surface area (Å²) in [5.74, 6) is -0.114. The first-order chi connectivity index (χ1) is 6.65. The summed E-state index contributed by atoms with van der Waals surface area (Å²) >= 11 is 4.81. The zero-order valence-corrected chi connectivity index (χ0v) is 8.73.